The first-order chi connectivity index (χ1) is 12.5. The summed E-state index contributed by atoms with van der Waals surface area (Å²) in [5.74, 6) is 0.207. The largest absolute Gasteiger partial charge is 0.495 e. The monoisotopic (exact) mass is 375 g/mol. The summed E-state index contributed by atoms with van der Waals surface area (Å²) >= 11 is 6.11. The lowest BCUT2D eigenvalue weighted by Crippen LogP contribution is -2.37. The molecule has 3 N–H and O–H groups in total. The number of halogens is 1. The van der Waals surface area contributed by atoms with Gasteiger partial charge in [0.25, 0.3) is 0 Å². The van der Waals surface area contributed by atoms with Crippen LogP contribution in [0.5, 0.6) is 5.75 Å². The third-order valence-corrected chi connectivity index (χ3v) is 3.96. The topological polar surface area (TPSA) is 79.5 Å². The molecule has 0 heterocycles. The minimum Gasteiger partial charge on any atom is -0.495 e. The smallest absolute Gasteiger partial charge is 0.246 e. The van der Waals surface area contributed by atoms with Gasteiger partial charge in [0, 0.05) is 25.7 Å². The van der Waals surface area contributed by atoms with Gasteiger partial charge in [0.1, 0.15) is 11.8 Å². The Balaban J connectivity index is 2.09. The number of hydrogen-bond donors (Lipinski definition) is 3. The van der Waals surface area contributed by atoms with Crippen molar-refractivity contribution in [1.29, 1.82) is 0 Å². The molecular weight excluding hydrogens is 354 g/mol. The van der Waals surface area contributed by atoms with Crippen molar-refractivity contribution in [2.75, 3.05) is 25.5 Å². The molecule has 7 heteroatoms. The number of rotatable bonds is 8. The van der Waals surface area contributed by atoms with Crippen LogP contribution in [0, 0.1) is 0 Å². The van der Waals surface area contributed by atoms with Gasteiger partial charge in [-0.05, 0) is 23.8 Å². The lowest BCUT2D eigenvalue weighted by molar-refractivity contribution is -0.119. The van der Waals surface area contributed by atoms with E-state index in [-0.39, 0.29) is 11.8 Å². The van der Waals surface area contributed by atoms with Gasteiger partial charge in [-0.25, -0.2) is 0 Å². The van der Waals surface area contributed by atoms with E-state index in [1.807, 2.05) is 30.3 Å². The van der Waals surface area contributed by atoms with Crippen LogP contribution in [0.2, 0.25) is 5.02 Å². The number of amides is 2. The van der Waals surface area contributed by atoms with Crippen LogP contribution in [-0.2, 0) is 9.59 Å². The van der Waals surface area contributed by atoms with Gasteiger partial charge in [0.2, 0.25) is 11.8 Å². The third-order valence-electron chi connectivity index (χ3n) is 3.66. The van der Waals surface area contributed by atoms with Crippen LogP contribution in [0.15, 0.2) is 48.5 Å². The first-order valence-electron chi connectivity index (χ1n) is 8.18. The first kappa shape index (κ1) is 19.8. The van der Waals surface area contributed by atoms with Gasteiger partial charge in [-0.1, -0.05) is 41.9 Å². The number of benzene rings is 2. The molecule has 2 amide bonds. The molecule has 0 aromatic heterocycles. The standard InChI is InChI=1S/C19H22ClN3O3/c1-13(24)21-10-11-22-18(14-6-4-3-5-7-14)19(25)23-15-8-9-17(26-2)16(20)12-15/h3-9,12,18,22H,10-11H2,1-2H3,(H,21,24)(H,23,25)/t18-/m1/s1. The number of carbonyl (C=O) groups is 2. The molecule has 0 spiro atoms. The predicted molar refractivity (Wildman–Crippen MR) is 103 cm³/mol. The molecule has 26 heavy (non-hydrogen) atoms. The first-order valence-corrected chi connectivity index (χ1v) is 8.56. The van der Waals surface area contributed by atoms with E-state index in [2.05, 4.69) is 16.0 Å². The summed E-state index contributed by atoms with van der Waals surface area (Å²) in [4.78, 5) is 23.7. The number of methoxy groups -OCH3 is 1. The molecule has 0 fully saturated rings. The Morgan fingerprint density at radius 3 is 2.46 bits per heavy atom. The van der Waals surface area contributed by atoms with Crippen LogP contribution in [0.1, 0.15) is 18.5 Å². The fourth-order valence-electron chi connectivity index (χ4n) is 2.42. The van der Waals surface area contributed by atoms with Gasteiger partial charge >= 0.3 is 0 Å². The number of nitrogens with one attached hydrogen (secondary N) is 3. The fraction of sp³-hybridized carbons (Fsp3) is 0.263. The summed E-state index contributed by atoms with van der Waals surface area (Å²) < 4.78 is 5.12. The van der Waals surface area contributed by atoms with Gasteiger partial charge < -0.3 is 20.7 Å². The molecule has 6 nitrogen and oxygen atoms in total. The van der Waals surface area contributed by atoms with Crippen molar-refractivity contribution in [3.05, 3.63) is 59.1 Å². The highest BCUT2D eigenvalue weighted by atomic mass is 35.5. The van der Waals surface area contributed by atoms with Gasteiger partial charge in [-0.2, -0.15) is 0 Å². The van der Waals surface area contributed by atoms with Gasteiger partial charge in [0.15, 0.2) is 0 Å². The molecule has 0 radical (unpaired) electrons. The highest BCUT2D eigenvalue weighted by molar-refractivity contribution is 6.32. The van der Waals surface area contributed by atoms with Gasteiger partial charge in [-0.3, -0.25) is 9.59 Å². The molecule has 0 saturated heterocycles. The average Bonchev–Trinajstić information content (AvgIpc) is 2.62. The molecule has 0 unspecified atom stereocenters. The molecule has 2 rings (SSSR count). The van der Waals surface area contributed by atoms with E-state index < -0.39 is 6.04 Å². The zero-order valence-corrected chi connectivity index (χ0v) is 15.5. The Hall–Kier alpha value is -2.57. The minimum absolute atomic E-state index is 0.111. The maximum absolute atomic E-state index is 12.8. The Morgan fingerprint density at radius 2 is 1.85 bits per heavy atom. The number of hydrogen-bond acceptors (Lipinski definition) is 4. The van der Waals surface area contributed by atoms with E-state index >= 15 is 0 Å². The highest BCUT2D eigenvalue weighted by Gasteiger charge is 2.20. The van der Waals surface area contributed by atoms with Crippen molar-refractivity contribution >= 4 is 29.1 Å². The van der Waals surface area contributed by atoms with Crippen LogP contribution in [0.3, 0.4) is 0 Å². The summed E-state index contributed by atoms with van der Waals surface area (Å²) in [6, 6.07) is 13.9. The Kier molecular flexibility index (Phi) is 7.44. The van der Waals surface area contributed by atoms with Crippen molar-refractivity contribution in [2.45, 2.75) is 13.0 Å². The molecular formula is C19H22ClN3O3. The summed E-state index contributed by atoms with van der Waals surface area (Å²) in [6.07, 6.45) is 0. The Morgan fingerprint density at radius 1 is 1.12 bits per heavy atom. The highest BCUT2D eigenvalue weighted by Crippen LogP contribution is 2.27. The maximum Gasteiger partial charge on any atom is 0.246 e. The van der Waals surface area contributed by atoms with Crippen LogP contribution in [0.25, 0.3) is 0 Å². The number of ether oxygens (including phenoxy) is 1. The minimum atomic E-state index is -0.564. The van der Waals surface area contributed by atoms with Crippen molar-refractivity contribution in [3.8, 4) is 5.75 Å². The number of carbonyl (C=O) groups excluding carboxylic acids is 2. The molecule has 0 saturated carbocycles. The predicted octanol–water partition coefficient (Wildman–Crippen LogP) is 2.75. The molecule has 0 bridgehead atoms. The third kappa shape index (κ3) is 5.75. The quantitative estimate of drug-likeness (QED) is 0.620. The van der Waals surface area contributed by atoms with Crippen LogP contribution in [-0.4, -0.2) is 32.0 Å². The second-order valence-electron chi connectivity index (χ2n) is 5.62. The van der Waals surface area contributed by atoms with Crippen molar-refractivity contribution in [2.24, 2.45) is 0 Å². The molecule has 0 aliphatic carbocycles. The molecule has 0 aliphatic rings. The summed E-state index contributed by atoms with van der Waals surface area (Å²) in [6.45, 7) is 2.34. The van der Waals surface area contributed by atoms with Crippen molar-refractivity contribution in [1.82, 2.24) is 10.6 Å². The van der Waals surface area contributed by atoms with E-state index in [0.717, 1.165) is 5.56 Å². The van der Waals surface area contributed by atoms with Crippen molar-refractivity contribution < 1.29 is 14.3 Å². The molecule has 138 valence electrons. The van der Waals surface area contributed by atoms with Crippen LogP contribution >= 0.6 is 11.6 Å². The fourth-order valence-corrected chi connectivity index (χ4v) is 2.68. The lowest BCUT2D eigenvalue weighted by Gasteiger charge is -2.19. The van der Waals surface area contributed by atoms with Crippen LogP contribution < -0.4 is 20.7 Å². The SMILES string of the molecule is COc1ccc(NC(=O)[C@H](NCCNC(C)=O)c2ccccc2)cc1Cl. The van der Waals surface area contributed by atoms with Gasteiger partial charge in [-0.15, -0.1) is 0 Å². The lowest BCUT2D eigenvalue weighted by atomic mass is 10.1. The zero-order valence-electron chi connectivity index (χ0n) is 14.7. The summed E-state index contributed by atoms with van der Waals surface area (Å²) in [5, 5.41) is 9.13. The normalized spacial score (nSPS) is 11.5. The number of anilines is 1. The maximum atomic E-state index is 12.8. The molecule has 2 aromatic rings. The van der Waals surface area contributed by atoms with E-state index in [9.17, 15) is 9.59 Å². The Labute approximate surface area is 157 Å². The second kappa shape index (κ2) is 9.79. The summed E-state index contributed by atoms with van der Waals surface area (Å²) in [5.41, 5.74) is 1.40. The van der Waals surface area contributed by atoms with E-state index in [0.29, 0.717) is 29.5 Å². The van der Waals surface area contributed by atoms with E-state index in [4.69, 9.17) is 16.3 Å². The van der Waals surface area contributed by atoms with E-state index in [1.165, 1.54) is 14.0 Å². The summed E-state index contributed by atoms with van der Waals surface area (Å²) in [7, 11) is 1.53. The van der Waals surface area contributed by atoms with Crippen LogP contribution in [0.4, 0.5) is 5.69 Å². The zero-order chi connectivity index (χ0) is 18.9. The van der Waals surface area contributed by atoms with Crippen molar-refractivity contribution in [3.63, 3.8) is 0 Å². The molecule has 2 aromatic carbocycles. The molecule has 0 aliphatic heterocycles. The molecule has 1 atom stereocenters. The van der Waals surface area contributed by atoms with E-state index in [1.54, 1.807) is 18.2 Å². The Bertz CT molecular complexity index is 753. The average molecular weight is 376 g/mol. The van der Waals surface area contributed by atoms with Gasteiger partial charge in [0.05, 0.1) is 12.1 Å². The second-order valence-corrected chi connectivity index (χ2v) is 6.03.